The third-order valence-corrected chi connectivity index (χ3v) is 5.18. The second-order valence-electron chi connectivity index (χ2n) is 6.93. The number of anilines is 1. The van der Waals surface area contributed by atoms with Gasteiger partial charge in [-0.05, 0) is 55.7 Å². The summed E-state index contributed by atoms with van der Waals surface area (Å²) in [4.78, 5) is 35.6. The number of carbonyl (C=O) groups is 3. The molecule has 0 spiro atoms. The summed E-state index contributed by atoms with van der Waals surface area (Å²) in [5.74, 6) is -1.56. The standard InChI is InChI=1S/C21H20BrClN4O4/c1-12-2-4-16(9-17(12)23)25-19(28)11-31-18-7-3-14(22)8-13(18)10-24-27-21(30)20(29)26-15-5-6-15/h2-4,7-10,15H,5-6,11H2,1H3,(H,25,28)(H,26,29)(H,27,30)/b24-10-. The van der Waals surface area contributed by atoms with E-state index in [9.17, 15) is 14.4 Å². The van der Waals surface area contributed by atoms with E-state index in [1.165, 1.54) is 6.21 Å². The van der Waals surface area contributed by atoms with E-state index in [1.807, 2.05) is 6.92 Å². The van der Waals surface area contributed by atoms with Gasteiger partial charge in [0.25, 0.3) is 5.91 Å². The summed E-state index contributed by atoms with van der Waals surface area (Å²) in [5.41, 5.74) is 4.15. The van der Waals surface area contributed by atoms with Crippen molar-refractivity contribution in [3.05, 3.63) is 57.0 Å². The second-order valence-corrected chi connectivity index (χ2v) is 8.25. The zero-order valence-electron chi connectivity index (χ0n) is 16.6. The van der Waals surface area contributed by atoms with Crippen molar-refractivity contribution in [2.45, 2.75) is 25.8 Å². The highest BCUT2D eigenvalue weighted by Crippen LogP contribution is 2.23. The van der Waals surface area contributed by atoms with E-state index in [0.717, 1.165) is 22.9 Å². The van der Waals surface area contributed by atoms with Crippen LogP contribution in [0.4, 0.5) is 5.69 Å². The Hall–Kier alpha value is -2.91. The predicted octanol–water partition coefficient (Wildman–Crippen LogP) is 3.16. The number of hydrazone groups is 1. The van der Waals surface area contributed by atoms with Crippen LogP contribution >= 0.6 is 27.5 Å². The van der Waals surface area contributed by atoms with Gasteiger partial charge in [0.1, 0.15) is 5.75 Å². The zero-order chi connectivity index (χ0) is 22.4. The van der Waals surface area contributed by atoms with Gasteiger partial charge in [-0.25, -0.2) is 5.43 Å². The minimum absolute atomic E-state index is 0.0781. The molecule has 0 radical (unpaired) electrons. The van der Waals surface area contributed by atoms with Gasteiger partial charge in [-0.3, -0.25) is 14.4 Å². The van der Waals surface area contributed by atoms with Crippen molar-refractivity contribution >= 4 is 57.2 Å². The van der Waals surface area contributed by atoms with Crippen LogP contribution in [-0.4, -0.2) is 36.6 Å². The van der Waals surface area contributed by atoms with Crippen LogP contribution in [0.25, 0.3) is 0 Å². The Morgan fingerprint density at radius 3 is 2.68 bits per heavy atom. The monoisotopic (exact) mass is 506 g/mol. The SMILES string of the molecule is Cc1ccc(NC(=O)COc2ccc(Br)cc2/C=N\NC(=O)C(=O)NC2CC2)cc1Cl. The molecule has 0 saturated heterocycles. The maximum absolute atomic E-state index is 12.2. The molecule has 1 fully saturated rings. The van der Waals surface area contributed by atoms with Crippen molar-refractivity contribution in [2.24, 2.45) is 5.10 Å². The maximum atomic E-state index is 12.2. The van der Waals surface area contributed by atoms with E-state index < -0.39 is 11.8 Å². The topological polar surface area (TPSA) is 109 Å². The molecule has 162 valence electrons. The smallest absolute Gasteiger partial charge is 0.329 e. The predicted molar refractivity (Wildman–Crippen MR) is 121 cm³/mol. The van der Waals surface area contributed by atoms with E-state index in [1.54, 1.807) is 36.4 Å². The Balaban J connectivity index is 1.57. The van der Waals surface area contributed by atoms with Crippen molar-refractivity contribution in [2.75, 3.05) is 11.9 Å². The molecule has 0 aromatic heterocycles. The summed E-state index contributed by atoms with van der Waals surface area (Å²) in [7, 11) is 0. The minimum Gasteiger partial charge on any atom is -0.483 e. The Kier molecular flexibility index (Phi) is 7.64. The average Bonchev–Trinajstić information content (AvgIpc) is 3.54. The molecule has 31 heavy (non-hydrogen) atoms. The van der Waals surface area contributed by atoms with Crippen LogP contribution in [0.3, 0.4) is 0 Å². The lowest BCUT2D eigenvalue weighted by Crippen LogP contribution is -2.38. The number of rotatable bonds is 7. The molecule has 0 unspecified atom stereocenters. The zero-order valence-corrected chi connectivity index (χ0v) is 18.9. The number of ether oxygens (including phenoxy) is 1. The van der Waals surface area contributed by atoms with E-state index in [0.29, 0.717) is 22.0 Å². The maximum Gasteiger partial charge on any atom is 0.329 e. The highest BCUT2D eigenvalue weighted by Gasteiger charge is 2.26. The fraction of sp³-hybridized carbons (Fsp3) is 0.238. The third kappa shape index (κ3) is 7.08. The molecule has 3 amide bonds. The average molecular weight is 508 g/mol. The lowest BCUT2D eigenvalue weighted by Gasteiger charge is -2.11. The molecule has 1 saturated carbocycles. The molecule has 3 N–H and O–H groups in total. The van der Waals surface area contributed by atoms with Gasteiger partial charge >= 0.3 is 11.8 Å². The fourth-order valence-corrected chi connectivity index (χ4v) is 3.01. The van der Waals surface area contributed by atoms with Gasteiger partial charge in [-0.1, -0.05) is 33.6 Å². The highest BCUT2D eigenvalue weighted by atomic mass is 79.9. The van der Waals surface area contributed by atoms with Gasteiger partial charge in [0.2, 0.25) is 0 Å². The van der Waals surface area contributed by atoms with E-state index in [4.69, 9.17) is 16.3 Å². The summed E-state index contributed by atoms with van der Waals surface area (Å²) in [6.45, 7) is 1.62. The first-order valence-corrected chi connectivity index (χ1v) is 10.6. The number of amides is 3. The molecule has 2 aromatic carbocycles. The summed E-state index contributed by atoms with van der Waals surface area (Å²) < 4.78 is 6.34. The molecule has 0 bridgehead atoms. The number of halogens is 2. The minimum atomic E-state index is -0.850. The number of nitrogens with one attached hydrogen (secondary N) is 3. The van der Waals surface area contributed by atoms with E-state index >= 15 is 0 Å². The van der Waals surface area contributed by atoms with Crippen molar-refractivity contribution < 1.29 is 19.1 Å². The first-order chi connectivity index (χ1) is 14.8. The summed E-state index contributed by atoms with van der Waals surface area (Å²) in [6, 6.07) is 10.4. The number of hydrogen-bond acceptors (Lipinski definition) is 5. The van der Waals surface area contributed by atoms with Crippen molar-refractivity contribution in [3.8, 4) is 5.75 Å². The Labute approximate surface area is 192 Å². The number of aryl methyl sites for hydroxylation is 1. The Bertz CT molecular complexity index is 1040. The molecule has 0 atom stereocenters. The number of carbonyl (C=O) groups excluding carboxylic acids is 3. The number of benzene rings is 2. The number of nitrogens with zero attached hydrogens (tertiary/aromatic N) is 1. The summed E-state index contributed by atoms with van der Waals surface area (Å²) >= 11 is 9.42. The molecule has 0 aliphatic heterocycles. The molecule has 1 aliphatic carbocycles. The van der Waals surface area contributed by atoms with Gasteiger partial charge in [0.05, 0.1) is 6.21 Å². The van der Waals surface area contributed by atoms with Gasteiger partial charge in [-0.2, -0.15) is 5.10 Å². The molecule has 10 heteroatoms. The normalized spacial score (nSPS) is 13.0. The van der Waals surface area contributed by atoms with Crippen LogP contribution < -0.4 is 20.8 Å². The van der Waals surface area contributed by atoms with Crippen LogP contribution in [0.2, 0.25) is 5.02 Å². The molecule has 8 nitrogen and oxygen atoms in total. The third-order valence-electron chi connectivity index (χ3n) is 4.27. The Morgan fingerprint density at radius 2 is 1.97 bits per heavy atom. The van der Waals surface area contributed by atoms with Crippen LogP contribution in [-0.2, 0) is 14.4 Å². The van der Waals surface area contributed by atoms with Crippen LogP contribution in [0.5, 0.6) is 5.75 Å². The van der Waals surface area contributed by atoms with Crippen molar-refractivity contribution in [1.29, 1.82) is 0 Å². The molecule has 1 aliphatic rings. The summed E-state index contributed by atoms with van der Waals surface area (Å²) in [5, 5.41) is 9.64. The van der Waals surface area contributed by atoms with Crippen LogP contribution in [0.1, 0.15) is 24.0 Å². The van der Waals surface area contributed by atoms with E-state index in [-0.39, 0.29) is 18.6 Å². The van der Waals surface area contributed by atoms with Crippen LogP contribution in [0.15, 0.2) is 46.0 Å². The summed E-state index contributed by atoms with van der Waals surface area (Å²) in [6.07, 6.45) is 3.09. The Morgan fingerprint density at radius 1 is 1.19 bits per heavy atom. The van der Waals surface area contributed by atoms with Crippen molar-refractivity contribution in [3.63, 3.8) is 0 Å². The first-order valence-electron chi connectivity index (χ1n) is 9.44. The van der Waals surface area contributed by atoms with Gasteiger partial charge in [-0.15, -0.1) is 0 Å². The van der Waals surface area contributed by atoms with Gasteiger partial charge < -0.3 is 15.4 Å². The second kappa shape index (κ2) is 10.4. The van der Waals surface area contributed by atoms with E-state index in [2.05, 4.69) is 37.1 Å². The molecule has 2 aromatic rings. The lowest BCUT2D eigenvalue weighted by molar-refractivity contribution is -0.139. The quantitative estimate of drug-likeness (QED) is 0.304. The molecule has 0 heterocycles. The van der Waals surface area contributed by atoms with Crippen LogP contribution in [0, 0.1) is 6.92 Å². The van der Waals surface area contributed by atoms with Gasteiger partial charge in [0, 0.05) is 26.8 Å². The largest absolute Gasteiger partial charge is 0.483 e. The number of hydrogen-bond donors (Lipinski definition) is 3. The first kappa shape index (κ1) is 22.8. The fourth-order valence-electron chi connectivity index (χ4n) is 2.45. The molecular weight excluding hydrogens is 488 g/mol. The lowest BCUT2D eigenvalue weighted by atomic mass is 10.2. The van der Waals surface area contributed by atoms with Gasteiger partial charge in [0.15, 0.2) is 6.61 Å². The molecule has 3 rings (SSSR count). The highest BCUT2D eigenvalue weighted by molar-refractivity contribution is 9.10. The molecular formula is C21H20BrClN4O4. The van der Waals surface area contributed by atoms with Crippen molar-refractivity contribution in [1.82, 2.24) is 10.7 Å².